The minimum absolute atomic E-state index is 0.0747. The highest BCUT2D eigenvalue weighted by Gasteiger charge is 2.22. The lowest BCUT2D eigenvalue weighted by atomic mass is 9.96. The van der Waals surface area contributed by atoms with Gasteiger partial charge in [-0.2, -0.15) is 5.10 Å². The van der Waals surface area contributed by atoms with Crippen LogP contribution in [0.5, 0.6) is 0 Å². The van der Waals surface area contributed by atoms with Crippen molar-refractivity contribution in [1.82, 2.24) is 24.9 Å². The molecule has 0 unspecified atom stereocenters. The molecule has 0 radical (unpaired) electrons. The molecule has 2 aromatic heterocycles. The molecule has 0 bridgehead atoms. The summed E-state index contributed by atoms with van der Waals surface area (Å²) in [4.78, 5) is 29.3. The van der Waals surface area contributed by atoms with Crippen molar-refractivity contribution in [2.75, 3.05) is 34.2 Å². The molecule has 1 fully saturated rings. The molecule has 0 spiro atoms. The molecule has 0 atom stereocenters. The van der Waals surface area contributed by atoms with E-state index in [0.29, 0.717) is 24.0 Å². The van der Waals surface area contributed by atoms with Crippen LogP contribution in [0.4, 0.5) is 4.79 Å². The smallest absolute Gasteiger partial charge is 0.319 e. The van der Waals surface area contributed by atoms with Gasteiger partial charge in [-0.05, 0) is 25.8 Å². The monoisotopic (exact) mass is 391 g/mol. The number of likely N-dealkylation sites (N-methyl/N-ethyl adjacent to an activating group) is 1. The standard InChI is InChI=1S/C19H29N5O2S/c1-13-15-12-16(17(25)20-10-11-23(4)19(26)22(2)3)27-18(15)24(21-13)14-8-6-5-7-9-14/h12,14H,5-11H2,1-4H3,(H,20,25). The number of carbonyl (C=O) groups excluding carboxylic acids is 2. The van der Waals surface area contributed by atoms with E-state index in [1.807, 2.05) is 13.0 Å². The average molecular weight is 392 g/mol. The maximum absolute atomic E-state index is 12.6. The van der Waals surface area contributed by atoms with Crippen molar-refractivity contribution in [3.63, 3.8) is 0 Å². The zero-order valence-electron chi connectivity index (χ0n) is 16.6. The van der Waals surface area contributed by atoms with Gasteiger partial charge in [-0.25, -0.2) is 4.79 Å². The minimum atomic E-state index is -0.0866. The molecule has 1 N–H and O–H groups in total. The number of carbonyl (C=O) groups is 2. The highest BCUT2D eigenvalue weighted by molar-refractivity contribution is 7.20. The third kappa shape index (κ3) is 4.26. The number of amides is 3. The second kappa shape index (κ2) is 8.29. The first-order chi connectivity index (χ1) is 12.9. The Labute approximate surface area is 164 Å². The van der Waals surface area contributed by atoms with Gasteiger partial charge in [0.05, 0.1) is 16.6 Å². The predicted octanol–water partition coefficient (Wildman–Crippen LogP) is 3.25. The van der Waals surface area contributed by atoms with Gasteiger partial charge in [0.1, 0.15) is 4.83 Å². The Morgan fingerprint density at radius 3 is 2.63 bits per heavy atom. The molecule has 2 aromatic rings. The summed E-state index contributed by atoms with van der Waals surface area (Å²) in [5.41, 5.74) is 0.988. The Hall–Kier alpha value is -2.09. The lowest BCUT2D eigenvalue weighted by Crippen LogP contribution is -2.40. The van der Waals surface area contributed by atoms with Crippen LogP contribution in [0.1, 0.15) is 53.5 Å². The fraction of sp³-hybridized carbons (Fsp3) is 0.632. The molecule has 1 aliphatic rings. The fourth-order valence-electron chi connectivity index (χ4n) is 3.62. The number of nitrogens with zero attached hydrogens (tertiary/aromatic N) is 4. The number of aryl methyl sites for hydroxylation is 1. The molecule has 0 aromatic carbocycles. The molecule has 7 nitrogen and oxygen atoms in total. The first-order valence-corrected chi connectivity index (χ1v) is 10.4. The summed E-state index contributed by atoms with van der Waals surface area (Å²) in [6.45, 7) is 2.91. The number of nitrogens with one attached hydrogen (secondary N) is 1. The van der Waals surface area contributed by atoms with E-state index >= 15 is 0 Å². The molecule has 1 aliphatic carbocycles. The lowest BCUT2D eigenvalue weighted by molar-refractivity contribution is 0.0953. The van der Waals surface area contributed by atoms with Gasteiger partial charge in [-0.15, -0.1) is 11.3 Å². The Balaban J connectivity index is 1.66. The van der Waals surface area contributed by atoms with Crippen molar-refractivity contribution in [3.8, 4) is 0 Å². The molecule has 1 saturated carbocycles. The van der Waals surface area contributed by atoms with E-state index in [1.54, 1.807) is 26.0 Å². The van der Waals surface area contributed by atoms with Gasteiger partial charge >= 0.3 is 6.03 Å². The third-order valence-electron chi connectivity index (χ3n) is 5.15. The highest BCUT2D eigenvalue weighted by atomic mass is 32.1. The average Bonchev–Trinajstić information content (AvgIpc) is 3.22. The molecular formula is C19H29N5O2S. The van der Waals surface area contributed by atoms with E-state index in [9.17, 15) is 9.59 Å². The molecule has 148 valence electrons. The largest absolute Gasteiger partial charge is 0.350 e. The van der Waals surface area contributed by atoms with Gasteiger partial charge in [-0.3, -0.25) is 9.48 Å². The predicted molar refractivity (Wildman–Crippen MR) is 109 cm³/mol. The van der Waals surface area contributed by atoms with Crippen LogP contribution in [-0.4, -0.2) is 65.8 Å². The Kier molecular flexibility index (Phi) is 6.04. The Morgan fingerprint density at radius 2 is 1.96 bits per heavy atom. The third-order valence-corrected chi connectivity index (χ3v) is 6.28. The maximum atomic E-state index is 12.6. The Bertz CT molecular complexity index is 820. The second-order valence-corrected chi connectivity index (χ2v) is 8.54. The first-order valence-electron chi connectivity index (χ1n) is 9.57. The van der Waals surface area contributed by atoms with E-state index in [2.05, 4.69) is 10.00 Å². The van der Waals surface area contributed by atoms with Gasteiger partial charge in [-0.1, -0.05) is 19.3 Å². The first kappa shape index (κ1) is 19.7. The number of urea groups is 1. The van der Waals surface area contributed by atoms with Crippen LogP contribution in [0.25, 0.3) is 10.2 Å². The van der Waals surface area contributed by atoms with Crippen molar-refractivity contribution in [2.24, 2.45) is 0 Å². The summed E-state index contributed by atoms with van der Waals surface area (Å²) in [6.07, 6.45) is 6.15. The molecule has 3 rings (SSSR count). The number of aromatic nitrogens is 2. The van der Waals surface area contributed by atoms with Gasteiger partial charge in [0.2, 0.25) is 0 Å². The van der Waals surface area contributed by atoms with Crippen molar-refractivity contribution in [3.05, 3.63) is 16.6 Å². The molecule has 2 heterocycles. The zero-order chi connectivity index (χ0) is 19.6. The van der Waals surface area contributed by atoms with E-state index in [1.165, 1.54) is 48.3 Å². The normalized spacial score (nSPS) is 15.1. The van der Waals surface area contributed by atoms with Crippen molar-refractivity contribution >= 4 is 33.5 Å². The van der Waals surface area contributed by atoms with Crippen LogP contribution in [-0.2, 0) is 0 Å². The summed E-state index contributed by atoms with van der Waals surface area (Å²) in [5.74, 6) is -0.0866. The number of thiophene rings is 1. The van der Waals surface area contributed by atoms with Crippen LogP contribution in [0.2, 0.25) is 0 Å². The van der Waals surface area contributed by atoms with E-state index in [-0.39, 0.29) is 11.9 Å². The summed E-state index contributed by atoms with van der Waals surface area (Å²) in [6, 6.07) is 2.33. The van der Waals surface area contributed by atoms with Crippen LogP contribution in [0.15, 0.2) is 6.07 Å². The second-order valence-electron chi connectivity index (χ2n) is 7.51. The van der Waals surface area contributed by atoms with Crippen LogP contribution in [0.3, 0.4) is 0 Å². The maximum Gasteiger partial charge on any atom is 0.319 e. The summed E-state index contributed by atoms with van der Waals surface area (Å²) in [7, 11) is 5.16. The highest BCUT2D eigenvalue weighted by Crippen LogP contribution is 2.35. The zero-order valence-corrected chi connectivity index (χ0v) is 17.4. The van der Waals surface area contributed by atoms with Gasteiger partial charge in [0.15, 0.2) is 0 Å². The topological polar surface area (TPSA) is 70.5 Å². The number of hydrogen-bond donors (Lipinski definition) is 1. The number of rotatable bonds is 5. The van der Waals surface area contributed by atoms with Crippen LogP contribution < -0.4 is 5.32 Å². The van der Waals surface area contributed by atoms with E-state index in [4.69, 9.17) is 5.10 Å². The van der Waals surface area contributed by atoms with E-state index in [0.717, 1.165) is 15.9 Å². The summed E-state index contributed by atoms with van der Waals surface area (Å²) < 4.78 is 2.15. The lowest BCUT2D eigenvalue weighted by Gasteiger charge is -2.22. The molecule has 0 aliphatic heterocycles. The van der Waals surface area contributed by atoms with Crippen LogP contribution in [0, 0.1) is 6.92 Å². The van der Waals surface area contributed by atoms with Gasteiger partial charge in [0.25, 0.3) is 5.91 Å². The summed E-state index contributed by atoms with van der Waals surface area (Å²) >= 11 is 1.52. The van der Waals surface area contributed by atoms with Crippen molar-refractivity contribution in [1.29, 1.82) is 0 Å². The molecule has 3 amide bonds. The molecule has 27 heavy (non-hydrogen) atoms. The Morgan fingerprint density at radius 1 is 1.26 bits per heavy atom. The quantitative estimate of drug-likeness (QED) is 0.850. The molecule has 8 heteroatoms. The van der Waals surface area contributed by atoms with Gasteiger partial charge in [0, 0.05) is 39.6 Å². The van der Waals surface area contributed by atoms with Gasteiger partial charge < -0.3 is 15.1 Å². The fourth-order valence-corrected chi connectivity index (χ4v) is 4.77. The number of hydrogen-bond acceptors (Lipinski definition) is 4. The molecular weight excluding hydrogens is 362 g/mol. The number of fused-ring (bicyclic) bond motifs is 1. The minimum Gasteiger partial charge on any atom is -0.350 e. The van der Waals surface area contributed by atoms with Crippen molar-refractivity contribution in [2.45, 2.75) is 45.1 Å². The summed E-state index contributed by atoms with van der Waals surface area (Å²) in [5, 5.41) is 8.74. The van der Waals surface area contributed by atoms with Crippen molar-refractivity contribution < 1.29 is 9.59 Å². The molecule has 0 saturated heterocycles. The van der Waals surface area contributed by atoms with E-state index < -0.39 is 0 Å². The van der Waals surface area contributed by atoms with Crippen LogP contribution >= 0.6 is 11.3 Å². The SMILES string of the molecule is Cc1nn(C2CCCCC2)c2sc(C(=O)NCCN(C)C(=O)N(C)C)cc12.